The number of hydrogen-bond donors (Lipinski definition) is 0. The number of nitrogens with zero attached hydrogens (tertiary/aromatic N) is 1. The van der Waals surface area contributed by atoms with Crippen LogP contribution >= 0.6 is 0 Å². The molecule has 0 saturated heterocycles. The van der Waals surface area contributed by atoms with Crippen molar-refractivity contribution in [3.63, 3.8) is 0 Å². The molecule has 0 aromatic heterocycles. The first-order valence-electron chi connectivity index (χ1n) is 3.67. The van der Waals surface area contributed by atoms with Crippen LogP contribution in [0.15, 0.2) is 5.16 Å². The molecule has 0 aromatic carbocycles. The van der Waals surface area contributed by atoms with Crippen LogP contribution in [-0.4, -0.2) is 11.8 Å². The van der Waals surface area contributed by atoms with Crippen molar-refractivity contribution in [3.05, 3.63) is 6.92 Å². The van der Waals surface area contributed by atoms with Crippen LogP contribution in [0.2, 0.25) is 0 Å². The maximum atomic E-state index is 5.18. The van der Waals surface area contributed by atoms with Gasteiger partial charge in [-0.05, 0) is 26.7 Å². The van der Waals surface area contributed by atoms with Gasteiger partial charge in [0, 0.05) is 6.21 Å². The lowest BCUT2D eigenvalue weighted by Crippen LogP contribution is -2.24. The minimum atomic E-state index is -0.103. The van der Waals surface area contributed by atoms with Crippen LogP contribution in [0.1, 0.15) is 33.6 Å². The number of oxime groups is 1. The Morgan fingerprint density at radius 1 is 1.50 bits per heavy atom. The van der Waals surface area contributed by atoms with E-state index in [4.69, 9.17) is 4.84 Å². The molecule has 0 spiro atoms. The van der Waals surface area contributed by atoms with E-state index >= 15 is 0 Å². The number of rotatable bonds is 4. The maximum absolute atomic E-state index is 5.18. The minimum Gasteiger partial charge on any atom is -0.390 e. The highest BCUT2D eigenvalue weighted by Gasteiger charge is 2.20. The van der Waals surface area contributed by atoms with Crippen molar-refractivity contribution in [3.8, 4) is 0 Å². The summed E-state index contributed by atoms with van der Waals surface area (Å²) in [5, 5.41) is 3.65. The van der Waals surface area contributed by atoms with Crippen molar-refractivity contribution < 1.29 is 4.84 Å². The highest BCUT2D eigenvalue weighted by molar-refractivity contribution is 5.60. The Bertz CT molecular complexity index is 106. The molecule has 0 amide bonds. The predicted molar refractivity (Wildman–Crippen MR) is 43.9 cm³/mol. The van der Waals surface area contributed by atoms with Crippen molar-refractivity contribution in [1.82, 2.24) is 0 Å². The van der Waals surface area contributed by atoms with Crippen molar-refractivity contribution in [2.24, 2.45) is 5.16 Å². The molecule has 0 aliphatic carbocycles. The van der Waals surface area contributed by atoms with E-state index in [1.807, 2.05) is 6.92 Å². The molecular formula is C8H16NO. The molecule has 0 rings (SSSR count). The summed E-state index contributed by atoms with van der Waals surface area (Å²) in [4.78, 5) is 5.18. The van der Waals surface area contributed by atoms with Crippen LogP contribution in [0.25, 0.3) is 0 Å². The molecule has 0 bridgehead atoms. The fourth-order valence-corrected chi connectivity index (χ4v) is 0.544. The fraction of sp³-hybridized carbons (Fsp3) is 0.750. The standard InChI is InChI=1S/C8H16NO/c1-5-8(4,6-2)10-9-7-3/h7H,3,5-6H2,1-2,4H3. The maximum Gasteiger partial charge on any atom is 0.134 e. The van der Waals surface area contributed by atoms with Crippen LogP contribution in [0.5, 0.6) is 0 Å². The molecule has 0 saturated carbocycles. The van der Waals surface area contributed by atoms with E-state index in [1.54, 1.807) is 0 Å². The lowest BCUT2D eigenvalue weighted by atomic mass is 10.0. The average molecular weight is 142 g/mol. The summed E-state index contributed by atoms with van der Waals surface area (Å²) >= 11 is 0. The summed E-state index contributed by atoms with van der Waals surface area (Å²) in [7, 11) is 0. The summed E-state index contributed by atoms with van der Waals surface area (Å²) < 4.78 is 0. The summed E-state index contributed by atoms with van der Waals surface area (Å²) in [6.07, 6.45) is 3.37. The van der Waals surface area contributed by atoms with Crippen LogP contribution in [-0.2, 0) is 4.84 Å². The van der Waals surface area contributed by atoms with Gasteiger partial charge < -0.3 is 4.84 Å². The molecule has 0 unspecified atom stereocenters. The lowest BCUT2D eigenvalue weighted by molar-refractivity contribution is -0.0335. The Morgan fingerprint density at radius 2 is 2.00 bits per heavy atom. The van der Waals surface area contributed by atoms with Gasteiger partial charge in [0.05, 0.1) is 0 Å². The molecule has 0 N–H and O–H groups in total. The van der Waals surface area contributed by atoms with E-state index in [0.29, 0.717) is 0 Å². The predicted octanol–water partition coefficient (Wildman–Crippen LogP) is 2.40. The Balaban J connectivity index is 3.80. The Hall–Kier alpha value is -0.530. The largest absolute Gasteiger partial charge is 0.390 e. The highest BCUT2D eigenvalue weighted by Crippen LogP contribution is 2.18. The van der Waals surface area contributed by atoms with Gasteiger partial charge in [-0.25, -0.2) is 0 Å². The first-order valence-corrected chi connectivity index (χ1v) is 3.67. The summed E-state index contributed by atoms with van der Waals surface area (Å²) in [5.74, 6) is 0. The van der Waals surface area contributed by atoms with E-state index in [-0.39, 0.29) is 5.60 Å². The van der Waals surface area contributed by atoms with Crippen LogP contribution in [0.3, 0.4) is 0 Å². The second kappa shape index (κ2) is 4.31. The molecular weight excluding hydrogens is 126 g/mol. The smallest absolute Gasteiger partial charge is 0.134 e. The molecule has 2 nitrogen and oxygen atoms in total. The first kappa shape index (κ1) is 9.47. The Morgan fingerprint density at radius 3 is 2.30 bits per heavy atom. The molecule has 2 heteroatoms. The normalized spacial score (nSPS) is 12.4. The molecule has 0 aromatic rings. The van der Waals surface area contributed by atoms with Gasteiger partial charge in [-0.15, -0.1) is 0 Å². The fourth-order valence-electron chi connectivity index (χ4n) is 0.544. The van der Waals surface area contributed by atoms with Gasteiger partial charge in [-0.1, -0.05) is 19.0 Å². The lowest BCUT2D eigenvalue weighted by Gasteiger charge is -2.23. The van der Waals surface area contributed by atoms with E-state index in [1.165, 1.54) is 6.21 Å². The molecule has 10 heavy (non-hydrogen) atoms. The molecule has 0 heterocycles. The van der Waals surface area contributed by atoms with Crippen LogP contribution < -0.4 is 0 Å². The van der Waals surface area contributed by atoms with Gasteiger partial charge >= 0.3 is 0 Å². The summed E-state index contributed by atoms with van der Waals surface area (Å²) in [5.41, 5.74) is -0.103. The Labute approximate surface area is 63.3 Å². The van der Waals surface area contributed by atoms with Crippen molar-refractivity contribution in [2.75, 3.05) is 0 Å². The average Bonchev–Trinajstić information content (AvgIpc) is 2.00. The second-order valence-electron chi connectivity index (χ2n) is 2.54. The third-order valence-corrected chi connectivity index (χ3v) is 1.84. The molecule has 0 aliphatic rings. The van der Waals surface area contributed by atoms with Gasteiger partial charge in [0.1, 0.15) is 5.60 Å². The molecule has 0 aliphatic heterocycles. The quantitative estimate of drug-likeness (QED) is 0.436. The Kier molecular flexibility index (Phi) is 4.08. The van der Waals surface area contributed by atoms with Crippen LogP contribution in [0.4, 0.5) is 0 Å². The molecule has 0 fully saturated rings. The van der Waals surface area contributed by atoms with Gasteiger partial charge in [0.15, 0.2) is 0 Å². The van der Waals surface area contributed by atoms with E-state index in [9.17, 15) is 0 Å². The zero-order valence-electron chi connectivity index (χ0n) is 7.05. The van der Waals surface area contributed by atoms with E-state index in [0.717, 1.165) is 12.8 Å². The molecule has 1 radical (unpaired) electrons. The van der Waals surface area contributed by atoms with Crippen molar-refractivity contribution in [2.45, 2.75) is 39.2 Å². The minimum absolute atomic E-state index is 0.103. The monoisotopic (exact) mass is 142 g/mol. The van der Waals surface area contributed by atoms with Crippen LogP contribution in [0, 0.1) is 6.92 Å². The van der Waals surface area contributed by atoms with Gasteiger partial charge in [0.25, 0.3) is 0 Å². The number of hydrogen-bond acceptors (Lipinski definition) is 2. The third-order valence-electron chi connectivity index (χ3n) is 1.84. The third kappa shape index (κ3) is 2.85. The topological polar surface area (TPSA) is 21.6 Å². The van der Waals surface area contributed by atoms with E-state index < -0.39 is 0 Å². The zero-order chi connectivity index (χ0) is 8.04. The van der Waals surface area contributed by atoms with E-state index in [2.05, 4.69) is 25.9 Å². The van der Waals surface area contributed by atoms with Crippen molar-refractivity contribution >= 4 is 6.21 Å². The molecule has 0 atom stereocenters. The van der Waals surface area contributed by atoms with Gasteiger partial charge in [-0.3, -0.25) is 0 Å². The summed E-state index contributed by atoms with van der Waals surface area (Å²) in [6.45, 7) is 9.65. The summed E-state index contributed by atoms with van der Waals surface area (Å²) in [6, 6.07) is 0. The van der Waals surface area contributed by atoms with Gasteiger partial charge in [0.2, 0.25) is 0 Å². The highest BCUT2D eigenvalue weighted by atomic mass is 16.6. The SMILES string of the molecule is [CH2]C=NOC(C)(CC)CC. The molecule has 59 valence electrons. The van der Waals surface area contributed by atoms with Crippen molar-refractivity contribution in [1.29, 1.82) is 0 Å². The van der Waals surface area contributed by atoms with Gasteiger partial charge in [-0.2, -0.15) is 0 Å². The first-order chi connectivity index (χ1) is 4.68. The zero-order valence-corrected chi connectivity index (χ0v) is 7.05. The second-order valence-corrected chi connectivity index (χ2v) is 2.54.